The summed E-state index contributed by atoms with van der Waals surface area (Å²) < 4.78 is 4.84. The molecule has 1 amide bonds. The number of hydrogen-bond donors (Lipinski definition) is 1. The van der Waals surface area contributed by atoms with E-state index >= 15 is 0 Å². The van der Waals surface area contributed by atoms with Crippen LogP contribution in [0.25, 0.3) is 0 Å². The lowest BCUT2D eigenvalue weighted by atomic mass is 9.88. The highest BCUT2D eigenvalue weighted by molar-refractivity contribution is 7.10. The predicted molar refractivity (Wildman–Crippen MR) is 70.8 cm³/mol. The lowest BCUT2D eigenvalue weighted by Crippen LogP contribution is -2.26. The van der Waals surface area contributed by atoms with Crippen LogP contribution in [0.1, 0.15) is 34.1 Å². The van der Waals surface area contributed by atoms with Gasteiger partial charge in [0.25, 0.3) is 5.91 Å². The molecule has 0 spiro atoms. The maximum Gasteiger partial charge on any atom is 0.275 e. The number of carbonyl (C=O) groups excluding carboxylic acids is 1. The quantitative estimate of drug-likeness (QED) is 0.658. The maximum absolute atomic E-state index is 12.0. The third-order valence-corrected chi connectivity index (χ3v) is 4.25. The minimum absolute atomic E-state index is 0.141. The number of hydroxylamine groups is 1. The molecule has 0 aromatic carbocycles. The van der Waals surface area contributed by atoms with Crippen molar-refractivity contribution < 1.29 is 14.4 Å². The van der Waals surface area contributed by atoms with Gasteiger partial charge in [0.1, 0.15) is 0 Å². The number of nitrogens with one attached hydrogen (secondary N) is 1. The molecule has 1 heterocycles. The van der Waals surface area contributed by atoms with E-state index in [4.69, 9.17) is 9.57 Å². The van der Waals surface area contributed by atoms with Gasteiger partial charge in [-0.1, -0.05) is 6.92 Å². The number of thiophene rings is 1. The van der Waals surface area contributed by atoms with Crippen LogP contribution < -0.4 is 5.48 Å². The van der Waals surface area contributed by atoms with Crippen LogP contribution in [-0.2, 0) is 22.4 Å². The van der Waals surface area contributed by atoms with Gasteiger partial charge in [-0.25, -0.2) is 5.48 Å². The van der Waals surface area contributed by atoms with Gasteiger partial charge in [0.05, 0.1) is 18.8 Å². The van der Waals surface area contributed by atoms with Gasteiger partial charge < -0.3 is 4.74 Å². The molecule has 18 heavy (non-hydrogen) atoms. The molecule has 1 aromatic rings. The van der Waals surface area contributed by atoms with E-state index in [1.807, 2.05) is 5.38 Å². The molecule has 0 saturated heterocycles. The van der Waals surface area contributed by atoms with Crippen molar-refractivity contribution in [1.29, 1.82) is 0 Å². The third kappa shape index (κ3) is 3.10. The van der Waals surface area contributed by atoms with Crippen molar-refractivity contribution in [3.8, 4) is 0 Å². The number of methoxy groups -OCH3 is 1. The number of carbonyl (C=O) groups is 1. The van der Waals surface area contributed by atoms with Gasteiger partial charge in [-0.3, -0.25) is 9.63 Å². The van der Waals surface area contributed by atoms with Crippen molar-refractivity contribution >= 4 is 17.2 Å². The van der Waals surface area contributed by atoms with E-state index < -0.39 is 0 Å². The van der Waals surface area contributed by atoms with Crippen LogP contribution in [0.2, 0.25) is 0 Å². The molecule has 5 heteroatoms. The summed E-state index contributed by atoms with van der Waals surface area (Å²) in [6.45, 7) is 3.10. The monoisotopic (exact) mass is 269 g/mol. The van der Waals surface area contributed by atoms with Gasteiger partial charge in [-0.2, -0.15) is 0 Å². The second kappa shape index (κ2) is 6.31. The predicted octanol–water partition coefficient (Wildman–Crippen LogP) is 2.18. The second-order valence-corrected chi connectivity index (χ2v) is 5.64. The normalized spacial score (nSPS) is 18.4. The highest BCUT2D eigenvalue weighted by Crippen LogP contribution is 2.32. The third-order valence-electron chi connectivity index (χ3n) is 3.20. The Balaban J connectivity index is 1.95. The van der Waals surface area contributed by atoms with Gasteiger partial charge in [-0.15, -0.1) is 11.3 Å². The molecule has 2 rings (SSSR count). The Hall–Kier alpha value is -0.910. The summed E-state index contributed by atoms with van der Waals surface area (Å²) in [5.74, 6) is 0.586. The lowest BCUT2D eigenvalue weighted by molar-refractivity contribution is 0.00884. The first-order valence-corrected chi connectivity index (χ1v) is 7.10. The molecule has 1 aliphatic carbocycles. The summed E-state index contributed by atoms with van der Waals surface area (Å²) in [5, 5.41) is 1.94. The minimum atomic E-state index is -0.141. The van der Waals surface area contributed by atoms with E-state index in [9.17, 15) is 4.79 Å². The van der Waals surface area contributed by atoms with Gasteiger partial charge in [0, 0.05) is 17.4 Å². The fourth-order valence-corrected chi connectivity index (χ4v) is 3.41. The molecule has 100 valence electrons. The molecule has 1 unspecified atom stereocenters. The fourth-order valence-electron chi connectivity index (χ4n) is 2.16. The largest absolute Gasteiger partial charge is 0.382 e. The maximum atomic E-state index is 12.0. The Morgan fingerprint density at radius 2 is 2.39 bits per heavy atom. The lowest BCUT2D eigenvalue weighted by Gasteiger charge is -2.18. The molecule has 0 fully saturated rings. The van der Waals surface area contributed by atoms with Gasteiger partial charge in [0.15, 0.2) is 0 Å². The first kappa shape index (κ1) is 13.5. The van der Waals surface area contributed by atoms with Crippen LogP contribution in [0, 0.1) is 5.92 Å². The number of amides is 1. The molecule has 4 nitrogen and oxygen atoms in total. The fraction of sp³-hybridized carbons (Fsp3) is 0.615. The van der Waals surface area contributed by atoms with E-state index in [1.165, 1.54) is 10.4 Å². The van der Waals surface area contributed by atoms with Crippen LogP contribution >= 0.6 is 11.3 Å². The number of fused-ring (bicyclic) bond motifs is 1. The van der Waals surface area contributed by atoms with Crippen LogP contribution in [-0.4, -0.2) is 26.2 Å². The van der Waals surface area contributed by atoms with Crippen LogP contribution in [0.15, 0.2) is 5.38 Å². The Kier molecular flexibility index (Phi) is 4.74. The van der Waals surface area contributed by atoms with Crippen molar-refractivity contribution in [2.75, 3.05) is 20.3 Å². The van der Waals surface area contributed by atoms with Crippen molar-refractivity contribution in [2.45, 2.75) is 26.2 Å². The standard InChI is InChI=1S/C13H19NO3S/c1-9-3-4-10-11(8-18-12(10)7-9)13(15)14-17-6-5-16-2/h8-9H,3-7H2,1-2H3,(H,14,15). The minimum Gasteiger partial charge on any atom is -0.382 e. The van der Waals surface area contributed by atoms with Crippen molar-refractivity contribution in [3.05, 3.63) is 21.4 Å². The smallest absolute Gasteiger partial charge is 0.275 e. The Morgan fingerprint density at radius 3 is 3.17 bits per heavy atom. The Labute approximate surface area is 111 Å². The molecular weight excluding hydrogens is 250 g/mol. The molecule has 0 saturated carbocycles. The molecule has 0 radical (unpaired) electrons. The zero-order chi connectivity index (χ0) is 13.0. The topological polar surface area (TPSA) is 47.6 Å². The number of hydrogen-bond acceptors (Lipinski definition) is 4. The van der Waals surface area contributed by atoms with E-state index in [2.05, 4.69) is 12.4 Å². The average molecular weight is 269 g/mol. The molecule has 0 bridgehead atoms. The number of rotatable bonds is 5. The molecule has 1 aliphatic rings. The van der Waals surface area contributed by atoms with Crippen LogP contribution in [0.3, 0.4) is 0 Å². The van der Waals surface area contributed by atoms with E-state index in [-0.39, 0.29) is 5.91 Å². The van der Waals surface area contributed by atoms with Crippen LogP contribution in [0.4, 0.5) is 0 Å². The summed E-state index contributed by atoms with van der Waals surface area (Å²) in [6.07, 6.45) is 3.26. The molecule has 0 aliphatic heterocycles. The van der Waals surface area contributed by atoms with Crippen molar-refractivity contribution in [3.63, 3.8) is 0 Å². The van der Waals surface area contributed by atoms with Crippen molar-refractivity contribution in [1.82, 2.24) is 5.48 Å². The first-order chi connectivity index (χ1) is 8.72. The Bertz CT molecular complexity index is 416. The number of ether oxygens (including phenoxy) is 1. The summed E-state index contributed by atoms with van der Waals surface area (Å²) in [6, 6.07) is 0. The van der Waals surface area contributed by atoms with Crippen molar-refractivity contribution in [2.24, 2.45) is 5.92 Å². The molecule has 1 aromatic heterocycles. The zero-order valence-electron chi connectivity index (χ0n) is 10.8. The molecule has 1 atom stereocenters. The molecular formula is C13H19NO3S. The highest BCUT2D eigenvalue weighted by atomic mass is 32.1. The van der Waals surface area contributed by atoms with Gasteiger partial charge in [-0.05, 0) is 30.7 Å². The summed E-state index contributed by atoms with van der Waals surface area (Å²) >= 11 is 1.69. The zero-order valence-corrected chi connectivity index (χ0v) is 11.6. The highest BCUT2D eigenvalue weighted by Gasteiger charge is 2.23. The average Bonchev–Trinajstić information content (AvgIpc) is 2.77. The summed E-state index contributed by atoms with van der Waals surface area (Å²) in [4.78, 5) is 18.4. The van der Waals surface area contributed by atoms with Crippen LogP contribution in [0.5, 0.6) is 0 Å². The van der Waals surface area contributed by atoms with E-state index in [0.29, 0.717) is 13.2 Å². The summed E-state index contributed by atoms with van der Waals surface area (Å²) in [5.41, 5.74) is 4.46. The summed E-state index contributed by atoms with van der Waals surface area (Å²) in [7, 11) is 1.60. The van der Waals surface area contributed by atoms with E-state index in [1.54, 1.807) is 18.4 Å². The Morgan fingerprint density at radius 1 is 1.56 bits per heavy atom. The van der Waals surface area contributed by atoms with Gasteiger partial charge in [0.2, 0.25) is 0 Å². The van der Waals surface area contributed by atoms with E-state index in [0.717, 1.165) is 30.7 Å². The second-order valence-electron chi connectivity index (χ2n) is 4.67. The first-order valence-electron chi connectivity index (χ1n) is 6.22. The van der Waals surface area contributed by atoms with Gasteiger partial charge >= 0.3 is 0 Å². The SMILES string of the molecule is COCCONC(=O)c1csc2c1CCC(C)C2. The molecule has 1 N–H and O–H groups in total.